The van der Waals surface area contributed by atoms with Gasteiger partial charge in [-0.05, 0) is 30.9 Å². The lowest BCUT2D eigenvalue weighted by Gasteiger charge is -2.28. The molecule has 1 aliphatic rings. The molecular weight excluding hydrogens is 266 g/mol. The molecule has 1 aliphatic heterocycles. The van der Waals surface area contributed by atoms with Gasteiger partial charge in [0.15, 0.2) is 0 Å². The Morgan fingerprint density at radius 2 is 2.00 bits per heavy atom. The van der Waals surface area contributed by atoms with Gasteiger partial charge in [0.2, 0.25) is 5.91 Å². The topological polar surface area (TPSA) is 61.4 Å². The number of hydrogen-bond donors (Lipinski definition) is 2. The van der Waals surface area contributed by atoms with Gasteiger partial charge in [0, 0.05) is 19.1 Å². The molecule has 0 fully saturated rings. The van der Waals surface area contributed by atoms with Crippen LogP contribution in [0.25, 0.3) is 0 Å². The molecule has 5 heteroatoms. The lowest BCUT2D eigenvalue weighted by atomic mass is 10.00. The van der Waals surface area contributed by atoms with E-state index in [9.17, 15) is 9.59 Å². The first kappa shape index (κ1) is 15.5. The highest BCUT2D eigenvalue weighted by Crippen LogP contribution is 2.17. The van der Waals surface area contributed by atoms with Gasteiger partial charge in [-0.15, -0.1) is 0 Å². The van der Waals surface area contributed by atoms with E-state index >= 15 is 0 Å². The number of nitrogens with one attached hydrogen (secondary N) is 2. The number of benzene rings is 1. The summed E-state index contributed by atoms with van der Waals surface area (Å²) < 4.78 is 0. The third-order valence-electron chi connectivity index (χ3n) is 3.82. The van der Waals surface area contributed by atoms with Gasteiger partial charge in [0.05, 0.1) is 6.54 Å². The molecule has 114 valence electrons. The van der Waals surface area contributed by atoms with Crippen molar-refractivity contribution in [3.05, 3.63) is 35.4 Å². The van der Waals surface area contributed by atoms with Crippen molar-refractivity contribution in [3.63, 3.8) is 0 Å². The lowest BCUT2D eigenvalue weighted by molar-refractivity contribution is -0.121. The summed E-state index contributed by atoms with van der Waals surface area (Å²) in [5.74, 6) is -0.254. The number of nitrogens with zero attached hydrogens (tertiary/aromatic N) is 1. The summed E-state index contributed by atoms with van der Waals surface area (Å²) in [4.78, 5) is 25.6. The summed E-state index contributed by atoms with van der Waals surface area (Å²) in [6.07, 6.45) is 1.78. The van der Waals surface area contributed by atoms with Gasteiger partial charge in [0.25, 0.3) is 0 Å². The Morgan fingerprint density at radius 1 is 1.29 bits per heavy atom. The minimum atomic E-state index is -0.410. The summed E-state index contributed by atoms with van der Waals surface area (Å²) in [6, 6.07) is 7.94. The van der Waals surface area contributed by atoms with Crippen molar-refractivity contribution in [3.8, 4) is 0 Å². The second-order valence-electron chi connectivity index (χ2n) is 5.56. The van der Waals surface area contributed by atoms with Crippen molar-refractivity contribution >= 4 is 11.9 Å². The molecule has 0 saturated carbocycles. The Morgan fingerprint density at radius 3 is 2.71 bits per heavy atom. The molecule has 21 heavy (non-hydrogen) atoms. The predicted octanol–water partition coefficient (Wildman–Crippen LogP) is 1.67. The largest absolute Gasteiger partial charge is 0.335 e. The van der Waals surface area contributed by atoms with E-state index in [1.54, 1.807) is 0 Å². The first-order chi connectivity index (χ1) is 10.1. The zero-order valence-electron chi connectivity index (χ0n) is 12.7. The average molecular weight is 289 g/mol. The van der Waals surface area contributed by atoms with Crippen molar-refractivity contribution in [2.45, 2.75) is 39.3 Å². The van der Waals surface area contributed by atoms with Crippen LogP contribution in [0.5, 0.6) is 0 Å². The second-order valence-corrected chi connectivity index (χ2v) is 5.56. The van der Waals surface area contributed by atoms with Crippen LogP contribution in [0.2, 0.25) is 0 Å². The molecule has 0 spiro atoms. The molecule has 0 saturated heterocycles. The number of amides is 3. The Bertz CT molecular complexity index is 516. The van der Waals surface area contributed by atoms with E-state index in [1.165, 1.54) is 11.1 Å². The SMILES string of the molecule is CC[C@@H](C)NC(=O)NC(=O)CN1CCc2ccccc2C1. The van der Waals surface area contributed by atoms with Gasteiger partial charge in [-0.2, -0.15) is 0 Å². The summed E-state index contributed by atoms with van der Waals surface area (Å²) in [5, 5.41) is 5.11. The van der Waals surface area contributed by atoms with E-state index < -0.39 is 6.03 Å². The summed E-state index contributed by atoms with van der Waals surface area (Å²) in [7, 11) is 0. The van der Waals surface area contributed by atoms with E-state index in [-0.39, 0.29) is 18.5 Å². The highest BCUT2D eigenvalue weighted by Gasteiger charge is 2.19. The molecule has 0 unspecified atom stereocenters. The van der Waals surface area contributed by atoms with Crippen LogP contribution in [-0.2, 0) is 17.8 Å². The van der Waals surface area contributed by atoms with Crippen LogP contribution in [0.3, 0.4) is 0 Å². The molecular formula is C16H23N3O2. The van der Waals surface area contributed by atoms with Gasteiger partial charge in [0.1, 0.15) is 0 Å². The van der Waals surface area contributed by atoms with Gasteiger partial charge >= 0.3 is 6.03 Å². The highest BCUT2D eigenvalue weighted by molar-refractivity contribution is 5.95. The van der Waals surface area contributed by atoms with Crippen LogP contribution in [-0.4, -0.2) is 36.0 Å². The summed E-state index contributed by atoms with van der Waals surface area (Å²) >= 11 is 0. The molecule has 0 radical (unpaired) electrons. The monoisotopic (exact) mass is 289 g/mol. The number of rotatable bonds is 4. The maximum atomic E-state index is 11.9. The normalized spacial score (nSPS) is 15.9. The maximum Gasteiger partial charge on any atom is 0.321 e. The van der Waals surface area contributed by atoms with E-state index in [0.717, 1.165) is 25.9 Å². The fraction of sp³-hybridized carbons (Fsp3) is 0.500. The molecule has 2 N–H and O–H groups in total. The van der Waals surface area contributed by atoms with Crippen molar-refractivity contribution in [2.24, 2.45) is 0 Å². The average Bonchev–Trinajstić information content (AvgIpc) is 2.46. The minimum absolute atomic E-state index is 0.0691. The van der Waals surface area contributed by atoms with Crippen LogP contribution in [0.4, 0.5) is 4.79 Å². The molecule has 0 aromatic heterocycles. The number of imide groups is 1. The van der Waals surface area contributed by atoms with Crippen molar-refractivity contribution < 1.29 is 9.59 Å². The smallest absolute Gasteiger partial charge is 0.321 e. The molecule has 1 aromatic rings. The van der Waals surface area contributed by atoms with Crippen LogP contribution in [0.15, 0.2) is 24.3 Å². The van der Waals surface area contributed by atoms with Crippen LogP contribution in [0.1, 0.15) is 31.4 Å². The molecule has 1 heterocycles. The number of urea groups is 1. The van der Waals surface area contributed by atoms with Crippen LogP contribution in [0, 0.1) is 0 Å². The first-order valence-corrected chi connectivity index (χ1v) is 7.48. The fourth-order valence-corrected chi connectivity index (χ4v) is 2.42. The number of carbonyl (C=O) groups excluding carboxylic acids is 2. The Kier molecular flexibility index (Phi) is 5.33. The van der Waals surface area contributed by atoms with Crippen LogP contribution < -0.4 is 10.6 Å². The van der Waals surface area contributed by atoms with Gasteiger partial charge in [-0.25, -0.2) is 4.79 Å². The first-order valence-electron chi connectivity index (χ1n) is 7.48. The van der Waals surface area contributed by atoms with E-state index in [1.807, 2.05) is 26.0 Å². The summed E-state index contributed by atoms with van der Waals surface area (Å²) in [6.45, 7) is 5.75. The van der Waals surface area contributed by atoms with E-state index in [4.69, 9.17) is 0 Å². The standard InChI is InChI=1S/C16H23N3O2/c1-3-12(2)17-16(21)18-15(20)11-19-9-8-13-6-4-5-7-14(13)10-19/h4-7,12H,3,8-11H2,1-2H3,(H2,17,18,20,21)/t12-/m1/s1. The van der Waals surface area contributed by atoms with Gasteiger partial charge in [-0.1, -0.05) is 31.2 Å². The Balaban J connectivity index is 1.80. The quantitative estimate of drug-likeness (QED) is 0.886. The minimum Gasteiger partial charge on any atom is -0.335 e. The van der Waals surface area contributed by atoms with Crippen LogP contribution >= 0.6 is 0 Å². The van der Waals surface area contributed by atoms with Crippen molar-refractivity contribution in [2.75, 3.05) is 13.1 Å². The third-order valence-corrected chi connectivity index (χ3v) is 3.82. The second kappa shape index (κ2) is 7.22. The zero-order chi connectivity index (χ0) is 15.2. The fourth-order valence-electron chi connectivity index (χ4n) is 2.42. The van der Waals surface area contributed by atoms with Gasteiger partial charge < -0.3 is 5.32 Å². The zero-order valence-corrected chi connectivity index (χ0v) is 12.7. The van der Waals surface area contributed by atoms with Gasteiger partial charge in [-0.3, -0.25) is 15.0 Å². The molecule has 1 aromatic carbocycles. The molecule has 2 rings (SSSR count). The predicted molar refractivity (Wildman–Crippen MR) is 81.9 cm³/mol. The lowest BCUT2D eigenvalue weighted by Crippen LogP contribution is -2.47. The number of fused-ring (bicyclic) bond motifs is 1. The third kappa shape index (κ3) is 4.56. The molecule has 0 aliphatic carbocycles. The van der Waals surface area contributed by atoms with E-state index in [2.05, 4.69) is 27.7 Å². The molecule has 5 nitrogen and oxygen atoms in total. The maximum absolute atomic E-state index is 11.9. The Labute approximate surface area is 125 Å². The van der Waals surface area contributed by atoms with Crippen molar-refractivity contribution in [1.82, 2.24) is 15.5 Å². The highest BCUT2D eigenvalue weighted by atomic mass is 16.2. The number of hydrogen-bond acceptors (Lipinski definition) is 3. The molecule has 0 bridgehead atoms. The van der Waals surface area contributed by atoms with E-state index in [0.29, 0.717) is 0 Å². The molecule has 3 amide bonds. The Hall–Kier alpha value is -1.88. The number of carbonyl (C=O) groups is 2. The van der Waals surface area contributed by atoms with Crippen molar-refractivity contribution in [1.29, 1.82) is 0 Å². The summed E-state index contributed by atoms with van der Waals surface area (Å²) in [5.41, 5.74) is 2.62. The molecule has 1 atom stereocenters.